The lowest BCUT2D eigenvalue weighted by Gasteiger charge is -2.21. The summed E-state index contributed by atoms with van der Waals surface area (Å²) in [4.78, 5) is 26.0. The molecule has 0 aliphatic rings. The van der Waals surface area contributed by atoms with Crippen LogP contribution >= 0.6 is 0 Å². The molecule has 0 heterocycles. The van der Waals surface area contributed by atoms with E-state index in [0.29, 0.717) is 11.3 Å². The van der Waals surface area contributed by atoms with Crippen molar-refractivity contribution in [3.63, 3.8) is 0 Å². The number of hydrazone groups is 1. The monoisotopic (exact) mass is 382 g/mol. The number of anilines is 2. The summed E-state index contributed by atoms with van der Waals surface area (Å²) in [6.07, 6.45) is 1.29. The third-order valence-corrected chi connectivity index (χ3v) is 4.20. The Balaban J connectivity index is 1.98. The zero-order valence-corrected chi connectivity index (χ0v) is 16.6. The lowest BCUT2D eigenvalue weighted by Crippen LogP contribution is -2.32. The number of aryl methyl sites for hydroxylation is 2. The standard InChI is InChI=1S/C21H26N4O3/c1-5-25(6-2)18-8-7-16(19(26)12-18)13-22-24-21(28)20(27)23-17-10-14(3)9-15(4)11-17/h7-13,26H,5-6H2,1-4H3,(H,23,27)(H,24,28)/b22-13+. The van der Waals surface area contributed by atoms with Crippen molar-refractivity contribution >= 4 is 29.4 Å². The number of benzene rings is 2. The molecule has 28 heavy (non-hydrogen) atoms. The quantitative estimate of drug-likeness (QED) is 0.407. The van der Waals surface area contributed by atoms with Gasteiger partial charge < -0.3 is 15.3 Å². The molecule has 0 saturated heterocycles. The third kappa shape index (κ3) is 5.57. The number of phenols is 1. The van der Waals surface area contributed by atoms with E-state index in [0.717, 1.165) is 29.9 Å². The minimum absolute atomic E-state index is 0.0436. The number of phenolic OH excluding ortho intramolecular Hbond substituents is 1. The highest BCUT2D eigenvalue weighted by Gasteiger charge is 2.13. The Kier molecular flexibility index (Phi) is 7.14. The molecule has 7 heteroatoms. The van der Waals surface area contributed by atoms with Crippen molar-refractivity contribution in [2.75, 3.05) is 23.3 Å². The van der Waals surface area contributed by atoms with Gasteiger partial charge in [-0.3, -0.25) is 9.59 Å². The highest BCUT2D eigenvalue weighted by molar-refractivity contribution is 6.39. The Labute approximate surface area is 165 Å². The second-order valence-electron chi connectivity index (χ2n) is 6.45. The van der Waals surface area contributed by atoms with Crippen molar-refractivity contribution in [3.05, 3.63) is 53.1 Å². The lowest BCUT2D eigenvalue weighted by molar-refractivity contribution is -0.136. The smallest absolute Gasteiger partial charge is 0.329 e. The molecule has 2 amide bonds. The average molecular weight is 382 g/mol. The Morgan fingerprint density at radius 1 is 1.04 bits per heavy atom. The van der Waals surface area contributed by atoms with Crippen LogP contribution < -0.4 is 15.6 Å². The molecule has 0 aliphatic heterocycles. The molecule has 0 aromatic heterocycles. The maximum Gasteiger partial charge on any atom is 0.329 e. The van der Waals surface area contributed by atoms with E-state index >= 15 is 0 Å². The largest absolute Gasteiger partial charge is 0.507 e. The minimum Gasteiger partial charge on any atom is -0.507 e. The summed E-state index contributed by atoms with van der Waals surface area (Å²) >= 11 is 0. The van der Waals surface area contributed by atoms with Crippen molar-refractivity contribution in [1.82, 2.24) is 5.43 Å². The van der Waals surface area contributed by atoms with Gasteiger partial charge in [0.05, 0.1) is 6.21 Å². The van der Waals surface area contributed by atoms with Crippen LogP contribution in [0.15, 0.2) is 41.5 Å². The van der Waals surface area contributed by atoms with Gasteiger partial charge in [0.2, 0.25) is 0 Å². The first-order valence-electron chi connectivity index (χ1n) is 9.14. The summed E-state index contributed by atoms with van der Waals surface area (Å²) in [5.41, 5.74) is 6.01. The predicted octanol–water partition coefficient (Wildman–Crippen LogP) is 2.94. The lowest BCUT2D eigenvalue weighted by atomic mass is 10.1. The topological polar surface area (TPSA) is 94.0 Å². The van der Waals surface area contributed by atoms with E-state index < -0.39 is 11.8 Å². The van der Waals surface area contributed by atoms with Crippen LogP contribution in [0.2, 0.25) is 0 Å². The molecule has 0 saturated carbocycles. The number of nitrogens with one attached hydrogen (secondary N) is 2. The zero-order valence-electron chi connectivity index (χ0n) is 16.6. The first kappa shape index (κ1) is 21.0. The number of hydrogen-bond donors (Lipinski definition) is 3. The van der Waals surface area contributed by atoms with Crippen molar-refractivity contribution in [2.45, 2.75) is 27.7 Å². The Hall–Kier alpha value is -3.35. The molecule has 0 fully saturated rings. The summed E-state index contributed by atoms with van der Waals surface area (Å²) in [5.74, 6) is -1.67. The van der Waals surface area contributed by atoms with Crippen LogP contribution in [-0.4, -0.2) is 36.2 Å². The molecule has 2 rings (SSSR count). The molecule has 7 nitrogen and oxygen atoms in total. The van der Waals surface area contributed by atoms with Gasteiger partial charge in [0, 0.05) is 36.1 Å². The van der Waals surface area contributed by atoms with Gasteiger partial charge in [-0.15, -0.1) is 0 Å². The van der Waals surface area contributed by atoms with Crippen molar-refractivity contribution in [2.24, 2.45) is 5.10 Å². The molecule has 0 unspecified atom stereocenters. The molecular weight excluding hydrogens is 356 g/mol. The number of carbonyl (C=O) groups is 2. The summed E-state index contributed by atoms with van der Waals surface area (Å²) in [5, 5.41) is 16.4. The molecule has 0 atom stereocenters. The number of hydrogen-bond acceptors (Lipinski definition) is 5. The van der Waals surface area contributed by atoms with E-state index in [9.17, 15) is 14.7 Å². The SMILES string of the molecule is CCN(CC)c1ccc(/C=N/NC(=O)C(=O)Nc2cc(C)cc(C)c2)c(O)c1. The predicted molar refractivity (Wildman–Crippen MR) is 112 cm³/mol. The van der Waals surface area contributed by atoms with Crippen LogP contribution in [0.4, 0.5) is 11.4 Å². The number of rotatable bonds is 6. The van der Waals surface area contributed by atoms with Gasteiger partial charge in [0.25, 0.3) is 0 Å². The van der Waals surface area contributed by atoms with Crippen molar-refractivity contribution < 1.29 is 14.7 Å². The maximum atomic E-state index is 12.0. The van der Waals surface area contributed by atoms with Gasteiger partial charge in [-0.1, -0.05) is 6.07 Å². The van der Waals surface area contributed by atoms with Gasteiger partial charge in [-0.25, -0.2) is 5.43 Å². The Morgan fingerprint density at radius 2 is 1.68 bits per heavy atom. The Bertz CT molecular complexity index is 869. The normalized spacial score (nSPS) is 10.7. The molecule has 2 aromatic rings. The van der Waals surface area contributed by atoms with E-state index in [1.54, 1.807) is 24.3 Å². The third-order valence-electron chi connectivity index (χ3n) is 4.20. The van der Waals surface area contributed by atoms with Gasteiger partial charge in [-0.05, 0) is 63.1 Å². The van der Waals surface area contributed by atoms with E-state index in [1.807, 2.05) is 39.8 Å². The minimum atomic E-state index is -0.894. The highest BCUT2D eigenvalue weighted by atomic mass is 16.3. The number of amides is 2. The van der Waals surface area contributed by atoms with Crippen molar-refractivity contribution in [1.29, 1.82) is 0 Å². The molecule has 0 spiro atoms. The van der Waals surface area contributed by atoms with Gasteiger partial charge in [0.15, 0.2) is 0 Å². The molecule has 0 radical (unpaired) electrons. The van der Waals surface area contributed by atoms with E-state index in [1.165, 1.54) is 6.21 Å². The molecule has 0 aliphatic carbocycles. The molecule has 148 valence electrons. The second-order valence-corrected chi connectivity index (χ2v) is 6.45. The van der Waals surface area contributed by atoms with E-state index in [4.69, 9.17) is 0 Å². The fourth-order valence-electron chi connectivity index (χ4n) is 2.87. The molecule has 0 bridgehead atoms. The zero-order chi connectivity index (χ0) is 20.7. The summed E-state index contributed by atoms with van der Waals surface area (Å²) < 4.78 is 0. The van der Waals surface area contributed by atoms with E-state index in [-0.39, 0.29) is 5.75 Å². The number of carbonyl (C=O) groups excluding carboxylic acids is 2. The van der Waals surface area contributed by atoms with Crippen molar-refractivity contribution in [3.8, 4) is 5.75 Å². The average Bonchev–Trinajstić information content (AvgIpc) is 2.63. The fraction of sp³-hybridized carbons (Fsp3) is 0.286. The van der Waals surface area contributed by atoms with Crippen LogP contribution in [0.1, 0.15) is 30.5 Å². The van der Waals surface area contributed by atoms with Crippen LogP contribution in [0.3, 0.4) is 0 Å². The first-order chi connectivity index (χ1) is 13.3. The highest BCUT2D eigenvalue weighted by Crippen LogP contribution is 2.23. The maximum absolute atomic E-state index is 12.0. The molecular formula is C21H26N4O3. The van der Waals surface area contributed by atoms with Crippen LogP contribution in [0.5, 0.6) is 5.75 Å². The Morgan fingerprint density at radius 3 is 2.25 bits per heavy atom. The molecule has 2 aromatic carbocycles. The van der Waals surface area contributed by atoms with Gasteiger partial charge in [-0.2, -0.15) is 5.10 Å². The van der Waals surface area contributed by atoms with E-state index in [2.05, 4.69) is 20.7 Å². The number of aromatic hydroxyl groups is 1. The van der Waals surface area contributed by atoms with Gasteiger partial charge >= 0.3 is 11.8 Å². The number of nitrogens with zero attached hydrogens (tertiary/aromatic N) is 2. The summed E-state index contributed by atoms with van der Waals surface area (Å²) in [6, 6.07) is 10.7. The van der Waals surface area contributed by atoms with Crippen LogP contribution in [0, 0.1) is 13.8 Å². The summed E-state index contributed by atoms with van der Waals surface area (Å²) in [7, 11) is 0. The fourth-order valence-corrected chi connectivity index (χ4v) is 2.87. The second kappa shape index (κ2) is 9.55. The van der Waals surface area contributed by atoms with Gasteiger partial charge in [0.1, 0.15) is 5.75 Å². The molecule has 3 N–H and O–H groups in total. The first-order valence-corrected chi connectivity index (χ1v) is 9.14. The van der Waals surface area contributed by atoms with Crippen LogP contribution in [0.25, 0.3) is 0 Å². The van der Waals surface area contributed by atoms with Crippen LogP contribution in [-0.2, 0) is 9.59 Å². The summed E-state index contributed by atoms with van der Waals surface area (Å²) in [6.45, 7) is 9.54.